The van der Waals surface area contributed by atoms with Crippen molar-refractivity contribution in [1.29, 1.82) is 0 Å². The molecule has 1 heterocycles. The third-order valence-corrected chi connectivity index (χ3v) is 13.1. The molecule has 12 aromatic rings. The fourth-order valence-electron chi connectivity index (χ4n) is 9.65. The Morgan fingerprint density at radius 1 is 0.292 bits per heavy atom. The molecule has 0 bridgehead atoms. The second-order valence-corrected chi connectivity index (χ2v) is 16.9. The van der Waals surface area contributed by atoms with Crippen molar-refractivity contribution >= 4 is 60.3 Å². The lowest BCUT2D eigenvalue weighted by Crippen LogP contribution is -2.09. The number of anilines is 3. The molecule has 0 amide bonds. The van der Waals surface area contributed by atoms with E-state index in [1.807, 2.05) is 12.1 Å². The van der Waals surface area contributed by atoms with E-state index in [2.05, 4.69) is 242 Å². The van der Waals surface area contributed by atoms with Crippen LogP contribution in [0.5, 0.6) is 0 Å². The molecule has 65 heavy (non-hydrogen) atoms. The minimum atomic E-state index is 0.919. The Morgan fingerprint density at radius 2 is 0.754 bits per heavy atom. The van der Waals surface area contributed by atoms with Gasteiger partial charge in [0.15, 0.2) is 0 Å². The molecule has 0 N–H and O–H groups in total. The first-order valence-corrected chi connectivity index (χ1v) is 22.3. The van der Waals surface area contributed by atoms with Gasteiger partial charge in [-0.15, -0.1) is 0 Å². The number of fused-ring (bicyclic) bond motifs is 5. The molecule has 0 atom stereocenters. The summed E-state index contributed by atoms with van der Waals surface area (Å²) in [4.78, 5) is 2.36. The summed E-state index contributed by atoms with van der Waals surface area (Å²) < 4.78 is 6.32. The van der Waals surface area contributed by atoms with E-state index < -0.39 is 0 Å². The molecule has 0 saturated carbocycles. The Hall–Kier alpha value is -8.46. The maximum Gasteiger partial charge on any atom is 0.138 e. The predicted octanol–water partition coefficient (Wildman–Crippen LogP) is 18.0. The molecule has 1 aromatic heterocycles. The number of rotatable bonds is 8. The first kappa shape index (κ1) is 38.2. The molecule has 0 saturated heterocycles. The highest BCUT2D eigenvalue weighted by atomic mass is 16.3. The fourth-order valence-corrected chi connectivity index (χ4v) is 9.65. The molecule has 0 unspecified atom stereocenters. The van der Waals surface area contributed by atoms with Gasteiger partial charge in [0.25, 0.3) is 0 Å². The van der Waals surface area contributed by atoms with Crippen molar-refractivity contribution in [2.24, 2.45) is 0 Å². The second kappa shape index (κ2) is 16.0. The molecular formula is C63H43NO. The highest BCUT2D eigenvalue weighted by molar-refractivity contribution is 6.13. The highest BCUT2D eigenvalue weighted by Crippen LogP contribution is 2.41. The standard InChI is InChI=1S/C63H43NO/c1-42-57-16-8-9-20-62(57)65-63(42)53-15-10-14-50(40-53)46-23-21-44(22-24-46)45-27-33-54(34-28-45)64(55-35-29-47(30-36-55)51-26-25-43-11-2-3-12-49(43)39-51)56-37-31-48(32-38-56)61-41-52-13-4-5-17-58(52)59-18-6-7-19-60(59)61/h2-41H,1H3. The van der Waals surface area contributed by atoms with Gasteiger partial charge in [0.2, 0.25) is 0 Å². The van der Waals surface area contributed by atoms with Crippen molar-refractivity contribution in [2.75, 3.05) is 4.90 Å². The smallest absolute Gasteiger partial charge is 0.138 e. The number of nitrogens with zero attached hydrogens (tertiary/aromatic N) is 1. The van der Waals surface area contributed by atoms with E-state index in [9.17, 15) is 0 Å². The molecule has 0 aliphatic carbocycles. The van der Waals surface area contributed by atoms with E-state index in [0.29, 0.717) is 0 Å². The Kier molecular flexibility index (Phi) is 9.43. The number of hydrogen-bond acceptors (Lipinski definition) is 2. The SMILES string of the molecule is Cc1c(-c2cccc(-c3ccc(-c4ccc(N(c5ccc(-c6ccc7ccccc7c6)cc5)c5ccc(-c6cc7ccccc7c7ccccc67)cc5)cc4)cc3)c2)oc2ccccc12. The van der Waals surface area contributed by atoms with Crippen LogP contribution in [-0.2, 0) is 0 Å². The lowest BCUT2D eigenvalue weighted by Gasteiger charge is -2.26. The number of aryl methyl sites for hydroxylation is 1. The van der Waals surface area contributed by atoms with Gasteiger partial charge >= 0.3 is 0 Å². The summed E-state index contributed by atoms with van der Waals surface area (Å²) in [5.41, 5.74) is 15.9. The van der Waals surface area contributed by atoms with Gasteiger partial charge in [0, 0.05) is 33.6 Å². The summed E-state index contributed by atoms with van der Waals surface area (Å²) in [5, 5.41) is 8.71. The maximum atomic E-state index is 6.32. The Balaban J connectivity index is 0.874. The molecule has 306 valence electrons. The van der Waals surface area contributed by atoms with E-state index in [0.717, 1.165) is 50.5 Å². The normalized spacial score (nSPS) is 11.5. The predicted molar refractivity (Wildman–Crippen MR) is 275 cm³/mol. The number of hydrogen-bond donors (Lipinski definition) is 0. The molecule has 12 rings (SSSR count). The van der Waals surface area contributed by atoms with E-state index in [1.54, 1.807) is 0 Å². The third kappa shape index (κ3) is 7.03. The average Bonchev–Trinajstić information content (AvgIpc) is 3.72. The van der Waals surface area contributed by atoms with Gasteiger partial charge in [-0.25, -0.2) is 0 Å². The van der Waals surface area contributed by atoms with Crippen molar-refractivity contribution < 1.29 is 4.42 Å². The zero-order valence-corrected chi connectivity index (χ0v) is 35.9. The van der Waals surface area contributed by atoms with Crippen molar-refractivity contribution in [2.45, 2.75) is 6.92 Å². The quantitative estimate of drug-likeness (QED) is 0.142. The van der Waals surface area contributed by atoms with Crippen LogP contribution in [0.2, 0.25) is 0 Å². The van der Waals surface area contributed by atoms with Gasteiger partial charge in [-0.05, 0) is 144 Å². The van der Waals surface area contributed by atoms with Crippen LogP contribution in [0.25, 0.3) is 99.1 Å². The molecule has 11 aromatic carbocycles. The summed E-state index contributed by atoms with van der Waals surface area (Å²) in [6, 6.07) is 87.8. The largest absolute Gasteiger partial charge is 0.456 e. The molecule has 0 spiro atoms. The molecular weight excluding hydrogens is 787 g/mol. The van der Waals surface area contributed by atoms with Crippen LogP contribution in [-0.4, -0.2) is 0 Å². The third-order valence-electron chi connectivity index (χ3n) is 13.1. The zero-order valence-electron chi connectivity index (χ0n) is 35.9. The molecule has 0 fully saturated rings. The van der Waals surface area contributed by atoms with Crippen LogP contribution < -0.4 is 4.90 Å². The molecule has 0 radical (unpaired) electrons. The van der Waals surface area contributed by atoms with Gasteiger partial charge < -0.3 is 9.32 Å². The summed E-state index contributed by atoms with van der Waals surface area (Å²) in [7, 11) is 0. The Labute approximate surface area is 378 Å². The minimum absolute atomic E-state index is 0.919. The number of para-hydroxylation sites is 1. The second-order valence-electron chi connectivity index (χ2n) is 16.9. The van der Waals surface area contributed by atoms with Crippen molar-refractivity contribution in [3.8, 4) is 55.8 Å². The molecule has 0 aliphatic rings. The van der Waals surface area contributed by atoms with Crippen molar-refractivity contribution in [1.82, 2.24) is 0 Å². The number of benzene rings is 11. The van der Waals surface area contributed by atoms with Gasteiger partial charge in [0.05, 0.1) is 0 Å². The highest BCUT2D eigenvalue weighted by Gasteiger charge is 2.17. The van der Waals surface area contributed by atoms with Gasteiger partial charge in [0.1, 0.15) is 11.3 Å². The summed E-state index contributed by atoms with van der Waals surface area (Å²) in [5.74, 6) is 0.925. The fraction of sp³-hybridized carbons (Fsp3) is 0.0159. The van der Waals surface area contributed by atoms with Crippen LogP contribution >= 0.6 is 0 Å². The molecule has 2 heteroatoms. The molecule has 2 nitrogen and oxygen atoms in total. The van der Waals surface area contributed by atoms with E-state index in [1.165, 1.54) is 71.3 Å². The van der Waals surface area contributed by atoms with E-state index >= 15 is 0 Å². The Morgan fingerprint density at radius 3 is 1.40 bits per heavy atom. The van der Waals surface area contributed by atoms with Gasteiger partial charge in [-0.1, -0.05) is 182 Å². The monoisotopic (exact) mass is 829 g/mol. The average molecular weight is 830 g/mol. The van der Waals surface area contributed by atoms with Crippen LogP contribution in [0.1, 0.15) is 5.56 Å². The van der Waals surface area contributed by atoms with Gasteiger partial charge in [-0.2, -0.15) is 0 Å². The summed E-state index contributed by atoms with van der Waals surface area (Å²) in [6.07, 6.45) is 0. The van der Waals surface area contributed by atoms with Crippen LogP contribution in [0.3, 0.4) is 0 Å². The molecule has 0 aliphatic heterocycles. The number of furan rings is 1. The van der Waals surface area contributed by atoms with Crippen LogP contribution in [0, 0.1) is 6.92 Å². The summed E-state index contributed by atoms with van der Waals surface area (Å²) in [6.45, 7) is 2.14. The Bertz CT molecular complexity index is 3690. The van der Waals surface area contributed by atoms with E-state index in [-0.39, 0.29) is 0 Å². The minimum Gasteiger partial charge on any atom is -0.456 e. The lowest BCUT2D eigenvalue weighted by molar-refractivity contribution is 0.629. The maximum absolute atomic E-state index is 6.32. The lowest BCUT2D eigenvalue weighted by atomic mass is 9.93. The zero-order chi connectivity index (χ0) is 43.3. The van der Waals surface area contributed by atoms with Crippen LogP contribution in [0.15, 0.2) is 247 Å². The van der Waals surface area contributed by atoms with Crippen LogP contribution in [0.4, 0.5) is 17.1 Å². The topological polar surface area (TPSA) is 16.4 Å². The van der Waals surface area contributed by atoms with Gasteiger partial charge in [-0.3, -0.25) is 0 Å². The van der Waals surface area contributed by atoms with Crippen molar-refractivity contribution in [3.63, 3.8) is 0 Å². The van der Waals surface area contributed by atoms with Crippen molar-refractivity contribution in [3.05, 3.63) is 248 Å². The van der Waals surface area contributed by atoms with E-state index in [4.69, 9.17) is 4.42 Å². The first-order valence-electron chi connectivity index (χ1n) is 22.3. The summed E-state index contributed by atoms with van der Waals surface area (Å²) >= 11 is 0. The first-order chi connectivity index (χ1) is 32.1.